The first kappa shape index (κ1) is 16.7. The number of amides is 1. The number of para-hydroxylation sites is 3. The normalized spacial score (nSPS) is 11.5. The molecule has 3 rings (SSSR count). The average molecular weight is 348 g/mol. The van der Waals surface area contributed by atoms with Crippen LogP contribution >= 0.6 is 0 Å². The van der Waals surface area contributed by atoms with Gasteiger partial charge in [-0.15, -0.1) is 0 Å². The molecule has 0 saturated heterocycles. The number of rotatable bonds is 4. The summed E-state index contributed by atoms with van der Waals surface area (Å²) in [6.45, 7) is 0. The van der Waals surface area contributed by atoms with Crippen molar-refractivity contribution < 1.29 is 27.2 Å². The highest BCUT2D eigenvalue weighted by Gasteiger charge is 2.34. The Morgan fingerprint density at radius 2 is 1.72 bits per heavy atom. The number of hydrogen-bond donors (Lipinski definition) is 1. The topological polar surface area (TPSA) is 72.2 Å². The van der Waals surface area contributed by atoms with E-state index in [1.807, 2.05) is 5.32 Å². The molecular formula is C17H11F3N2O3. The molecule has 1 aromatic heterocycles. The molecule has 5 nitrogen and oxygen atoms in total. The summed E-state index contributed by atoms with van der Waals surface area (Å²) in [5.41, 5.74) is -0.537. The lowest BCUT2D eigenvalue weighted by atomic mass is 10.1. The number of anilines is 1. The van der Waals surface area contributed by atoms with Crippen molar-refractivity contribution in [3.63, 3.8) is 0 Å². The van der Waals surface area contributed by atoms with Crippen LogP contribution in [0.25, 0.3) is 11.1 Å². The van der Waals surface area contributed by atoms with Crippen LogP contribution in [0.5, 0.6) is 0 Å². The maximum absolute atomic E-state index is 12.9. The van der Waals surface area contributed by atoms with Crippen molar-refractivity contribution >= 4 is 28.5 Å². The predicted octanol–water partition coefficient (Wildman–Crippen LogP) is 3.60. The van der Waals surface area contributed by atoms with E-state index in [1.54, 1.807) is 24.3 Å². The molecule has 1 N–H and O–H groups in total. The largest absolute Gasteiger partial charge is 0.440 e. The van der Waals surface area contributed by atoms with Crippen LogP contribution in [0.4, 0.5) is 18.9 Å². The Kier molecular flexibility index (Phi) is 4.26. The fourth-order valence-corrected chi connectivity index (χ4v) is 2.24. The number of oxazole rings is 1. The number of ketones is 1. The second-order valence-corrected chi connectivity index (χ2v) is 5.17. The summed E-state index contributed by atoms with van der Waals surface area (Å²) in [5.74, 6) is -2.10. The van der Waals surface area contributed by atoms with Gasteiger partial charge in [0.25, 0.3) is 5.91 Å². The van der Waals surface area contributed by atoms with Gasteiger partial charge in [0.15, 0.2) is 5.58 Å². The van der Waals surface area contributed by atoms with Crippen molar-refractivity contribution in [1.82, 2.24) is 4.98 Å². The second-order valence-electron chi connectivity index (χ2n) is 5.17. The number of hydrogen-bond acceptors (Lipinski definition) is 4. The zero-order valence-electron chi connectivity index (χ0n) is 12.6. The zero-order valence-corrected chi connectivity index (χ0v) is 12.6. The smallest absolute Gasteiger partial charge is 0.418 e. The Balaban J connectivity index is 1.74. The van der Waals surface area contributed by atoms with Crippen LogP contribution in [0.2, 0.25) is 0 Å². The van der Waals surface area contributed by atoms with Gasteiger partial charge in [0.1, 0.15) is 5.52 Å². The Morgan fingerprint density at radius 3 is 2.44 bits per heavy atom. The number of alkyl halides is 3. The van der Waals surface area contributed by atoms with E-state index in [4.69, 9.17) is 4.42 Å². The van der Waals surface area contributed by atoms with E-state index in [-0.39, 0.29) is 5.89 Å². The van der Waals surface area contributed by atoms with Gasteiger partial charge in [-0.25, -0.2) is 4.98 Å². The molecule has 0 bridgehead atoms. The number of nitrogens with one attached hydrogen (secondary N) is 1. The third-order valence-electron chi connectivity index (χ3n) is 3.38. The minimum atomic E-state index is -4.65. The van der Waals surface area contributed by atoms with Gasteiger partial charge in [-0.05, 0) is 24.3 Å². The molecule has 0 unspecified atom stereocenters. The molecule has 0 spiro atoms. The SMILES string of the molecule is O=C(Cc1nc2ccccc2o1)C(=O)Nc1ccccc1C(F)(F)F. The molecule has 25 heavy (non-hydrogen) atoms. The van der Waals surface area contributed by atoms with E-state index >= 15 is 0 Å². The van der Waals surface area contributed by atoms with Gasteiger partial charge in [0.2, 0.25) is 11.7 Å². The molecule has 0 aliphatic heterocycles. The maximum Gasteiger partial charge on any atom is 0.418 e. The van der Waals surface area contributed by atoms with E-state index in [9.17, 15) is 22.8 Å². The van der Waals surface area contributed by atoms with Crippen LogP contribution in [-0.2, 0) is 22.2 Å². The third kappa shape index (κ3) is 3.68. The number of aromatic nitrogens is 1. The number of fused-ring (bicyclic) bond motifs is 1. The number of halogens is 3. The molecule has 8 heteroatoms. The summed E-state index contributed by atoms with van der Waals surface area (Å²) in [5, 5.41) is 1.99. The number of benzene rings is 2. The summed E-state index contributed by atoms with van der Waals surface area (Å²) in [7, 11) is 0. The van der Waals surface area contributed by atoms with Gasteiger partial charge in [-0.1, -0.05) is 24.3 Å². The number of carbonyl (C=O) groups is 2. The van der Waals surface area contributed by atoms with Crippen molar-refractivity contribution in [2.45, 2.75) is 12.6 Å². The van der Waals surface area contributed by atoms with Gasteiger partial charge in [-0.3, -0.25) is 9.59 Å². The summed E-state index contributed by atoms with van der Waals surface area (Å²) in [6.07, 6.45) is -5.10. The molecule has 1 amide bonds. The molecule has 0 saturated carbocycles. The Bertz CT molecular complexity index is 914. The molecule has 0 aliphatic rings. The zero-order chi connectivity index (χ0) is 18.0. The van der Waals surface area contributed by atoms with Gasteiger partial charge in [0.05, 0.1) is 17.7 Å². The quantitative estimate of drug-likeness (QED) is 0.731. The fraction of sp³-hybridized carbons (Fsp3) is 0.118. The van der Waals surface area contributed by atoms with Crippen LogP contribution in [-0.4, -0.2) is 16.7 Å². The molecule has 0 atom stereocenters. The number of nitrogens with zero attached hydrogens (tertiary/aromatic N) is 1. The van der Waals surface area contributed by atoms with E-state index in [1.165, 1.54) is 12.1 Å². The molecule has 1 heterocycles. The molecule has 0 aliphatic carbocycles. The van der Waals surface area contributed by atoms with Crippen molar-refractivity contribution in [1.29, 1.82) is 0 Å². The van der Waals surface area contributed by atoms with Crippen LogP contribution in [0, 0.1) is 0 Å². The summed E-state index contributed by atoms with van der Waals surface area (Å²) in [4.78, 5) is 27.9. The van der Waals surface area contributed by atoms with Crippen LogP contribution in [0.3, 0.4) is 0 Å². The second kappa shape index (κ2) is 6.39. The van der Waals surface area contributed by atoms with E-state index in [0.717, 1.165) is 12.1 Å². The van der Waals surface area contributed by atoms with E-state index < -0.39 is 35.5 Å². The highest BCUT2D eigenvalue weighted by Crippen LogP contribution is 2.34. The minimum Gasteiger partial charge on any atom is -0.440 e. The number of Topliss-reactive ketones (excluding diaryl/α,β-unsaturated/α-hetero) is 1. The van der Waals surface area contributed by atoms with Crippen LogP contribution < -0.4 is 5.32 Å². The summed E-state index contributed by atoms with van der Waals surface area (Å²) < 4.78 is 44.0. The molecule has 2 aromatic carbocycles. The van der Waals surface area contributed by atoms with Gasteiger partial charge in [0, 0.05) is 0 Å². The highest BCUT2D eigenvalue weighted by molar-refractivity contribution is 6.41. The molecule has 128 valence electrons. The van der Waals surface area contributed by atoms with Gasteiger partial charge < -0.3 is 9.73 Å². The lowest BCUT2D eigenvalue weighted by Crippen LogP contribution is -2.26. The summed E-state index contributed by atoms with van der Waals surface area (Å²) in [6, 6.07) is 11.2. The predicted molar refractivity (Wildman–Crippen MR) is 82.8 cm³/mol. The van der Waals surface area contributed by atoms with Gasteiger partial charge in [-0.2, -0.15) is 13.2 Å². The van der Waals surface area contributed by atoms with Crippen molar-refractivity contribution in [3.8, 4) is 0 Å². The Hall–Kier alpha value is -3.16. The maximum atomic E-state index is 12.9. The van der Waals surface area contributed by atoms with E-state index in [0.29, 0.717) is 11.1 Å². The molecule has 3 aromatic rings. The first-order valence-electron chi connectivity index (χ1n) is 7.19. The van der Waals surface area contributed by atoms with E-state index in [2.05, 4.69) is 4.98 Å². The molecule has 0 radical (unpaired) electrons. The minimum absolute atomic E-state index is 0.0189. The van der Waals surface area contributed by atoms with Gasteiger partial charge >= 0.3 is 6.18 Å². The van der Waals surface area contributed by atoms with Crippen LogP contribution in [0.1, 0.15) is 11.5 Å². The fourth-order valence-electron chi connectivity index (χ4n) is 2.24. The Labute approximate surface area is 139 Å². The third-order valence-corrected chi connectivity index (χ3v) is 3.38. The highest BCUT2D eigenvalue weighted by atomic mass is 19.4. The van der Waals surface area contributed by atoms with Crippen molar-refractivity contribution in [3.05, 3.63) is 60.0 Å². The van der Waals surface area contributed by atoms with Crippen LogP contribution in [0.15, 0.2) is 52.9 Å². The lowest BCUT2D eigenvalue weighted by Gasteiger charge is -2.12. The monoisotopic (exact) mass is 348 g/mol. The summed E-state index contributed by atoms with van der Waals surface area (Å²) >= 11 is 0. The average Bonchev–Trinajstić information content (AvgIpc) is 2.96. The molecule has 0 fully saturated rings. The first-order chi connectivity index (χ1) is 11.8. The first-order valence-corrected chi connectivity index (χ1v) is 7.19. The number of carbonyl (C=O) groups excluding carboxylic acids is 2. The molecular weight excluding hydrogens is 337 g/mol. The van der Waals surface area contributed by atoms with Crippen molar-refractivity contribution in [2.75, 3.05) is 5.32 Å². The standard InChI is InChI=1S/C17H11F3N2O3/c18-17(19,20)10-5-1-2-6-11(10)22-16(24)13(23)9-15-21-12-7-3-4-8-14(12)25-15/h1-8H,9H2,(H,22,24). The van der Waals surface area contributed by atoms with Crippen molar-refractivity contribution in [2.24, 2.45) is 0 Å². The lowest BCUT2D eigenvalue weighted by molar-refractivity contribution is -0.137. The Morgan fingerprint density at radius 1 is 1.04 bits per heavy atom.